The van der Waals surface area contributed by atoms with Crippen LogP contribution in [0.3, 0.4) is 0 Å². The van der Waals surface area contributed by atoms with Crippen molar-refractivity contribution in [1.82, 2.24) is 14.7 Å². The molecular weight excluding hydrogens is 600 g/mol. The van der Waals surface area contributed by atoms with Crippen LogP contribution in [0.5, 0.6) is 5.75 Å². The molecule has 0 unspecified atom stereocenters. The molecule has 0 N–H and O–H groups in total. The molecule has 2 aliphatic heterocycles. The third-order valence-corrected chi connectivity index (χ3v) is 7.62. The van der Waals surface area contributed by atoms with Crippen molar-refractivity contribution in [3.8, 4) is 5.75 Å². The van der Waals surface area contributed by atoms with Gasteiger partial charge in [-0.3, -0.25) is 15.0 Å². The topological polar surface area (TPSA) is 135 Å². The van der Waals surface area contributed by atoms with E-state index < -0.39 is 10.5 Å². The number of amides is 1. The highest BCUT2D eigenvalue weighted by Gasteiger charge is 2.30. The van der Waals surface area contributed by atoms with E-state index in [1.54, 1.807) is 12.1 Å². The first-order valence-electron chi connectivity index (χ1n) is 16.4. The highest BCUT2D eigenvalue weighted by molar-refractivity contribution is 5.68. The van der Waals surface area contributed by atoms with Gasteiger partial charge in [0.15, 0.2) is 0 Å². The molecule has 1 amide bonds. The molecule has 0 radical (unpaired) electrons. The first-order chi connectivity index (χ1) is 22.2. The molecule has 2 saturated heterocycles. The quantitative estimate of drug-likeness (QED) is 0.110. The van der Waals surface area contributed by atoms with E-state index in [4.69, 9.17) is 33.2 Å². The molecule has 0 spiro atoms. The van der Waals surface area contributed by atoms with Gasteiger partial charge in [-0.05, 0) is 58.8 Å². The van der Waals surface area contributed by atoms with Gasteiger partial charge in [0, 0.05) is 50.9 Å². The number of nitro groups is 1. The molecule has 0 bridgehead atoms. The zero-order chi connectivity index (χ0) is 33.0. The first kappa shape index (κ1) is 37.9. The summed E-state index contributed by atoms with van der Waals surface area (Å²) in [5, 5.41) is 10.7. The van der Waals surface area contributed by atoms with Crippen molar-refractivity contribution in [3.05, 3.63) is 34.4 Å². The van der Waals surface area contributed by atoms with Crippen molar-refractivity contribution in [2.24, 2.45) is 0 Å². The predicted octanol–water partition coefficient (Wildman–Crippen LogP) is 3.07. The van der Waals surface area contributed by atoms with Crippen LogP contribution in [0.4, 0.5) is 10.5 Å². The Balaban J connectivity index is 1.03. The maximum atomic E-state index is 12.3. The third-order valence-electron chi connectivity index (χ3n) is 7.62. The molecule has 0 aliphatic carbocycles. The SMILES string of the molecule is CC(C)(C)OC(=O)N1CCN(C2CCN(CCOCCOCCOCCOCCOCCOc3ccc([N+](=O)[O-])cc3)CC2)CC1. The van der Waals surface area contributed by atoms with Gasteiger partial charge in [0.1, 0.15) is 18.0 Å². The molecular formula is C32H54N4O10. The number of rotatable bonds is 21. The number of nitro benzene ring substituents is 1. The Morgan fingerprint density at radius 1 is 0.739 bits per heavy atom. The van der Waals surface area contributed by atoms with Crippen molar-refractivity contribution < 1.29 is 42.9 Å². The molecule has 2 heterocycles. The zero-order valence-electron chi connectivity index (χ0n) is 27.9. The van der Waals surface area contributed by atoms with E-state index in [2.05, 4.69) is 9.80 Å². The molecule has 2 aliphatic rings. The standard InChI is InChI=1S/C32H54N4O10/c1-32(2,3)46-31(37)35-14-12-34(13-15-35)28-8-10-33(11-9-28)16-17-40-18-19-41-20-21-42-22-23-43-24-25-44-26-27-45-30-6-4-29(5-7-30)36(38)39/h4-7,28H,8-27H2,1-3H3. The molecule has 2 fully saturated rings. The lowest BCUT2D eigenvalue weighted by Crippen LogP contribution is -2.55. The molecule has 3 rings (SSSR count). The minimum Gasteiger partial charge on any atom is -0.491 e. The summed E-state index contributed by atoms with van der Waals surface area (Å²) in [6.07, 6.45) is 2.10. The second-order valence-corrected chi connectivity index (χ2v) is 12.2. The Hall–Kier alpha value is -2.59. The fraction of sp³-hybridized carbons (Fsp3) is 0.781. The van der Waals surface area contributed by atoms with Gasteiger partial charge in [-0.1, -0.05) is 0 Å². The number of carbonyl (C=O) groups is 1. The van der Waals surface area contributed by atoms with Gasteiger partial charge in [-0.25, -0.2) is 4.79 Å². The number of piperidine rings is 1. The molecule has 0 saturated carbocycles. The average molecular weight is 655 g/mol. The summed E-state index contributed by atoms with van der Waals surface area (Å²) in [4.78, 5) is 29.3. The minimum atomic E-state index is -0.454. The second kappa shape index (κ2) is 21.3. The summed E-state index contributed by atoms with van der Waals surface area (Å²) in [6, 6.07) is 6.52. The van der Waals surface area contributed by atoms with E-state index in [9.17, 15) is 14.9 Å². The second-order valence-electron chi connectivity index (χ2n) is 12.2. The molecule has 46 heavy (non-hydrogen) atoms. The highest BCUT2D eigenvalue weighted by Crippen LogP contribution is 2.20. The van der Waals surface area contributed by atoms with Crippen LogP contribution in [0.1, 0.15) is 33.6 Å². The summed E-state index contributed by atoms with van der Waals surface area (Å²) in [5.41, 5.74) is -0.423. The number of hydrogen-bond donors (Lipinski definition) is 0. The molecule has 1 aromatic carbocycles. The summed E-state index contributed by atoms with van der Waals surface area (Å²) in [5.74, 6) is 0.562. The first-order valence-corrected chi connectivity index (χ1v) is 16.4. The van der Waals surface area contributed by atoms with E-state index in [0.717, 1.165) is 58.7 Å². The molecule has 0 aromatic heterocycles. The lowest BCUT2D eigenvalue weighted by Gasteiger charge is -2.42. The number of carbonyl (C=O) groups excluding carboxylic acids is 1. The van der Waals surface area contributed by atoms with E-state index in [1.165, 1.54) is 12.1 Å². The van der Waals surface area contributed by atoms with Crippen LogP contribution in [-0.4, -0.2) is 156 Å². The summed E-state index contributed by atoms with van der Waals surface area (Å²) < 4.78 is 38.8. The Morgan fingerprint density at radius 3 is 1.70 bits per heavy atom. The van der Waals surface area contributed by atoms with Crippen molar-refractivity contribution >= 4 is 11.8 Å². The summed E-state index contributed by atoms with van der Waals surface area (Å²) in [6.45, 7) is 17.5. The van der Waals surface area contributed by atoms with Gasteiger partial charge in [-0.2, -0.15) is 0 Å². The number of piperazine rings is 1. The Bertz CT molecular complexity index is 978. The number of benzene rings is 1. The lowest BCUT2D eigenvalue weighted by molar-refractivity contribution is -0.384. The number of non-ortho nitro benzene ring substituents is 1. The number of hydrogen-bond acceptors (Lipinski definition) is 12. The van der Waals surface area contributed by atoms with Crippen molar-refractivity contribution in [3.63, 3.8) is 0 Å². The van der Waals surface area contributed by atoms with Crippen LogP contribution in [0, 0.1) is 10.1 Å². The largest absolute Gasteiger partial charge is 0.491 e. The normalized spacial score (nSPS) is 16.9. The monoisotopic (exact) mass is 654 g/mol. The van der Waals surface area contributed by atoms with Gasteiger partial charge in [0.05, 0.1) is 71.0 Å². The fourth-order valence-electron chi connectivity index (χ4n) is 5.16. The maximum absolute atomic E-state index is 12.3. The summed E-state index contributed by atoms with van der Waals surface area (Å²) in [7, 11) is 0. The highest BCUT2D eigenvalue weighted by atomic mass is 16.6. The average Bonchev–Trinajstić information content (AvgIpc) is 3.04. The van der Waals surface area contributed by atoms with E-state index in [1.807, 2.05) is 25.7 Å². The van der Waals surface area contributed by atoms with Crippen LogP contribution in [-0.2, 0) is 28.4 Å². The predicted molar refractivity (Wildman–Crippen MR) is 172 cm³/mol. The zero-order valence-corrected chi connectivity index (χ0v) is 27.9. The Morgan fingerprint density at radius 2 is 1.22 bits per heavy atom. The van der Waals surface area contributed by atoms with Gasteiger partial charge in [0.25, 0.3) is 5.69 Å². The minimum absolute atomic E-state index is 0.0305. The van der Waals surface area contributed by atoms with E-state index >= 15 is 0 Å². The molecule has 14 nitrogen and oxygen atoms in total. The van der Waals surface area contributed by atoms with Crippen LogP contribution in [0.2, 0.25) is 0 Å². The molecule has 14 heteroatoms. The maximum Gasteiger partial charge on any atom is 0.410 e. The van der Waals surface area contributed by atoms with E-state index in [0.29, 0.717) is 84.5 Å². The lowest BCUT2D eigenvalue weighted by atomic mass is 10.0. The van der Waals surface area contributed by atoms with Crippen molar-refractivity contribution in [2.45, 2.75) is 45.3 Å². The van der Waals surface area contributed by atoms with Gasteiger partial charge < -0.3 is 43.0 Å². The van der Waals surface area contributed by atoms with Crippen molar-refractivity contribution in [2.75, 3.05) is 118 Å². The summed E-state index contributed by atoms with van der Waals surface area (Å²) >= 11 is 0. The van der Waals surface area contributed by atoms with Gasteiger partial charge in [0.2, 0.25) is 0 Å². The third kappa shape index (κ3) is 15.8. The van der Waals surface area contributed by atoms with Crippen LogP contribution in [0.25, 0.3) is 0 Å². The number of likely N-dealkylation sites (tertiary alicyclic amines) is 1. The number of ether oxygens (including phenoxy) is 7. The van der Waals surface area contributed by atoms with Crippen LogP contribution >= 0.6 is 0 Å². The van der Waals surface area contributed by atoms with Crippen molar-refractivity contribution in [1.29, 1.82) is 0 Å². The van der Waals surface area contributed by atoms with Gasteiger partial charge in [-0.15, -0.1) is 0 Å². The van der Waals surface area contributed by atoms with Gasteiger partial charge >= 0.3 is 6.09 Å². The van der Waals surface area contributed by atoms with Crippen LogP contribution < -0.4 is 4.74 Å². The number of nitrogens with zero attached hydrogens (tertiary/aromatic N) is 4. The Kier molecular flexibility index (Phi) is 17.5. The molecule has 1 aromatic rings. The molecule has 0 atom stereocenters. The fourth-order valence-corrected chi connectivity index (χ4v) is 5.16. The van der Waals surface area contributed by atoms with Crippen LogP contribution in [0.15, 0.2) is 24.3 Å². The molecule has 262 valence electrons. The Labute approximate surface area is 273 Å². The van der Waals surface area contributed by atoms with E-state index in [-0.39, 0.29) is 11.8 Å². The smallest absolute Gasteiger partial charge is 0.410 e.